The van der Waals surface area contributed by atoms with Crippen LogP contribution in [0.2, 0.25) is 0 Å². The molecule has 150 valence electrons. The van der Waals surface area contributed by atoms with Crippen molar-refractivity contribution in [1.29, 1.82) is 0 Å². The van der Waals surface area contributed by atoms with Gasteiger partial charge >= 0.3 is 0 Å². The van der Waals surface area contributed by atoms with Crippen molar-refractivity contribution < 1.29 is 4.79 Å². The standard InChI is InChI=1S/C26H30N2O/c1-7-14-27-19(5)17-21(23(27)9-3)16-18(4)26(29)25-20(6)28(15-8-2)24-13-11-10-12-22(24)25/h3,10-13,16-17H,7-8,14-15H2,1-2,4-6H3/b18-16+. The Kier molecular flexibility index (Phi) is 6.13. The van der Waals surface area contributed by atoms with Gasteiger partial charge in [0, 0.05) is 40.9 Å². The third kappa shape index (κ3) is 3.68. The molecule has 0 atom stereocenters. The topological polar surface area (TPSA) is 26.9 Å². The largest absolute Gasteiger partial charge is 0.344 e. The van der Waals surface area contributed by atoms with E-state index in [9.17, 15) is 4.79 Å². The number of aryl methyl sites for hydroxylation is 2. The van der Waals surface area contributed by atoms with Crippen LogP contribution in [0.15, 0.2) is 35.9 Å². The van der Waals surface area contributed by atoms with Gasteiger partial charge in [-0.2, -0.15) is 0 Å². The maximum Gasteiger partial charge on any atom is 0.191 e. The van der Waals surface area contributed by atoms with Gasteiger partial charge in [0.2, 0.25) is 0 Å². The van der Waals surface area contributed by atoms with Crippen molar-refractivity contribution in [2.24, 2.45) is 0 Å². The lowest BCUT2D eigenvalue weighted by molar-refractivity contribution is 0.103. The predicted octanol–water partition coefficient (Wildman–Crippen LogP) is 6.15. The second-order valence-electron chi connectivity index (χ2n) is 7.67. The summed E-state index contributed by atoms with van der Waals surface area (Å²) in [5.74, 6) is 2.89. The van der Waals surface area contributed by atoms with Crippen LogP contribution in [-0.4, -0.2) is 14.9 Å². The highest BCUT2D eigenvalue weighted by Crippen LogP contribution is 2.29. The first-order valence-corrected chi connectivity index (χ1v) is 10.4. The van der Waals surface area contributed by atoms with Crippen molar-refractivity contribution in [3.63, 3.8) is 0 Å². The fraction of sp³-hybridized carbons (Fsp3) is 0.346. The van der Waals surface area contributed by atoms with Gasteiger partial charge in [-0.15, -0.1) is 6.42 Å². The number of aromatic nitrogens is 2. The Bertz CT molecular complexity index is 1130. The first kappa shape index (κ1) is 20.7. The molecule has 0 aliphatic heterocycles. The average Bonchev–Trinajstić information content (AvgIpc) is 3.15. The molecular weight excluding hydrogens is 356 g/mol. The summed E-state index contributed by atoms with van der Waals surface area (Å²) in [5, 5.41) is 1.02. The molecule has 0 fully saturated rings. The van der Waals surface area contributed by atoms with Crippen molar-refractivity contribution in [3.05, 3.63) is 64.1 Å². The number of carbonyl (C=O) groups excluding carboxylic acids is 1. The normalized spacial score (nSPS) is 11.8. The van der Waals surface area contributed by atoms with Gasteiger partial charge in [-0.05, 0) is 57.4 Å². The smallest absolute Gasteiger partial charge is 0.191 e. The summed E-state index contributed by atoms with van der Waals surface area (Å²) in [6.07, 6.45) is 9.79. The molecule has 2 heterocycles. The highest BCUT2D eigenvalue weighted by molar-refractivity contribution is 6.18. The molecule has 3 rings (SSSR count). The van der Waals surface area contributed by atoms with Gasteiger partial charge in [-0.3, -0.25) is 4.79 Å². The van der Waals surface area contributed by atoms with Crippen molar-refractivity contribution in [2.45, 2.75) is 60.5 Å². The zero-order chi connectivity index (χ0) is 21.1. The Balaban J connectivity index is 2.10. The first-order chi connectivity index (χ1) is 13.9. The molecule has 0 aliphatic rings. The summed E-state index contributed by atoms with van der Waals surface area (Å²) in [4.78, 5) is 13.5. The minimum Gasteiger partial charge on any atom is -0.344 e. The van der Waals surface area contributed by atoms with Crippen LogP contribution in [0.5, 0.6) is 0 Å². The third-order valence-corrected chi connectivity index (χ3v) is 5.55. The van der Waals surface area contributed by atoms with E-state index in [-0.39, 0.29) is 5.78 Å². The van der Waals surface area contributed by atoms with Crippen LogP contribution in [0.1, 0.15) is 66.6 Å². The molecule has 3 heteroatoms. The summed E-state index contributed by atoms with van der Waals surface area (Å²) in [5.41, 5.74) is 6.58. The second-order valence-corrected chi connectivity index (χ2v) is 7.67. The van der Waals surface area contributed by atoms with Crippen molar-refractivity contribution in [1.82, 2.24) is 9.13 Å². The molecular formula is C26H30N2O. The van der Waals surface area contributed by atoms with Crippen LogP contribution in [0.25, 0.3) is 17.0 Å². The lowest BCUT2D eigenvalue weighted by Gasteiger charge is -2.07. The van der Waals surface area contributed by atoms with E-state index < -0.39 is 0 Å². The van der Waals surface area contributed by atoms with Crippen LogP contribution in [0.3, 0.4) is 0 Å². The van der Waals surface area contributed by atoms with Gasteiger partial charge in [0.1, 0.15) is 0 Å². The molecule has 0 saturated carbocycles. The van der Waals surface area contributed by atoms with E-state index >= 15 is 0 Å². The van der Waals surface area contributed by atoms with Crippen LogP contribution in [-0.2, 0) is 13.1 Å². The van der Waals surface area contributed by atoms with Gasteiger partial charge in [0.05, 0.1) is 11.3 Å². The zero-order valence-electron chi connectivity index (χ0n) is 18.2. The van der Waals surface area contributed by atoms with Gasteiger partial charge in [-0.25, -0.2) is 0 Å². The van der Waals surface area contributed by atoms with Gasteiger partial charge in [0.25, 0.3) is 0 Å². The number of rotatable bonds is 7. The SMILES string of the molecule is C#Cc1c(/C=C(\C)C(=O)c2c(C)n(CCC)c3ccccc23)cc(C)n1CCC. The van der Waals surface area contributed by atoms with Crippen molar-refractivity contribution in [2.75, 3.05) is 0 Å². The van der Waals surface area contributed by atoms with Gasteiger partial charge < -0.3 is 9.13 Å². The molecule has 3 aromatic rings. The number of terminal acetylenes is 1. The zero-order valence-corrected chi connectivity index (χ0v) is 18.2. The van der Waals surface area contributed by atoms with E-state index in [4.69, 9.17) is 6.42 Å². The Morgan fingerprint density at radius 2 is 1.76 bits per heavy atom. The Hall–Kier alpha value is -2.99. The van der Waals surface area contributed by atoms with Gasteiger partial charge in [0.15, 0.2) is 5.78 Å². The predicted molar refractivity (Wildman–Crippen MR) is 122 cm³/mol. The maximum absolute atomic E-state index is 13.5. The number of nitrogens with zero attached hydrogens (tertiary/aromatic N) is 2. The summed E-state index contributed by atoms with van der Waals surface area (Å²) in [6, 6.07) is 10.2. The third-order valence-electron chi connectivity index (χ3n) is 5.55. The lowest BCUT2D eigenvalue weighted by atomic mass is 9.99. The fourth-order valence-electron chi connectivity index (χ4n) is 4.21. The number of benzene rings is 1. The average molecular weight is 387 g/mol. The molecule has 0 saturated heterocycles. The molecule has 0 amide bonds. The molecule has 0 N–H and O–H groups in total. The fourth-order valence-corrected chi connectivity index (χ4v) is 4.21. The quantitative estimate of drug-likeness (QED) is 0.272. The van der Waals surface area contributed by atoms with E-state index in [1.165, 1.54) is 0 Å². The highest BCUT2D eigenvalue weighted by Gasteiger charge is 2.21. The van der Waals surface area contributed by atoms with Crippen molar-refractivity contribution >= 4 is 22.8 Å². The molecule has 0 aliphatic carbocycles. The molecule has 0 unspecified atom stereocenters. The van der Waals surface area contributed by atoms with E-state index in [2.05, 4.69) is 48.0 Å². The second kappa shape index (κ2) is 8.57. The number of ketones is 1. The van der Waals surface area contributed by atoms with Crippen molar-refractivity contribution in [3.8, 4) is 12.3 Å². The lowest BCUT2D eigenvalue weighted by Crippen LogP contribution is -2.05. The Morgan fingerprint density at radius 3 is 2.41 bits per heavy atom. The minimum absolute atomic E-state index is 0.0671. The van der Waals surface area contributed by atoms with E-state index in [1.54, 1.807) is 0 Å². The molecule has 0 spiro atoms. The first-order valence-electron chi connectivity index (χ1n) is 10.4. The monoisotopic (exact) mass is 386 g/mol. The van der Waals surface area contributed by atoms with E-state index in [1.807, 2.05) is 38.1 Å². The van der Waals surface area contributed by atoms with Crippen LogP contribution >= 0.6 is 0 Å². The molecule has 0 bridgehead atoms. The van der Waals surface area contributed by atoms with E-state index in [0.29, 0.717) is 5.57 Å². The molecule has 2 aromatic heterocycles. The highest BCUT2D eigenvalue weighted by atomic mass is 16.1. The van der Waals surface area contributed by atoms with E-state index in [0.717, 1.165) is 65.0 Å². The molecule has 0 radical (unpaired) electrons. The van der Waals surface area contributed by atoms with Crippen LogP contribution in [0.4, 0.5) is 0 Å². The molecule has 29 heavy (non-hydrogen) atoms. The minimum atomic E-state index is 0.0671. The van der Waals surface area contributed by atoms with Gasteiger partial charge in [-0.1, -0.05) is 38.0 Å². The maximum atomic E-state index is 13.5. The summed E-state index contributed by atoms with van der Waals surface area (Å²) in [7, 11) is 0. The number of hydrogen-bond donors (Lipinski definition) is 0. The van der Waals surface area contributed by atoms with Crippen LogP contribution in [0, 0.1) is 26.2 Å². The number of Topliss-reactive ketones (excluding diaryl/α,β-unsaturated/α-hetero) is 1. The Labute approximate surface area is 174 Å². The summed E-state index contributed by atoms with van der Waals surface area (Å²) in [6.45, 7) is 12.1. The summed E-state index contributed by atoms with van der Waals surface area (Å²) < 4.78 is 4.41. The number of carbonyl (C=O) groups is 1. The molecule has 1 aromatic carbocycles. The van der Waals surface area contributed by atoms with Crippen LogP contribution < -0.4 is 0 Å². The number of fused-ring (bicyclic) bond motifs is 1. The number of para-hydroxylation sites is 1. The number of allylic oxidation sites excluding steroid dienone is 1. The number of hydrogen-bond acceptors (Lipinski definition) is 1. The summed E-state index contributed by atoms with van der Waals surface area (Å²) >= 11 is 0. The Morgan fingerprint density at radius 1 is 1.10 bits per heavy atom. The molecule has 3 nitrogen and oxygen atoms in total.